The Morgan fingerprint density at radius 2 is 2.28 bits per heavy atom. The topological polar surface area (TPSA) is 43.8 Å². The van der Waals surface area contributed by atoms with Crippen LogP contribution in [0.25, 0.3) is 11.0 Å². The smallest absolute Gasteiger partial charge is 0.201 e. The Morgan fingerprint density at radius 1 is 1.44 bits per heavy atom. The van der Waals surface area contributed by atoms with Crippen LogP contribution in [0.15, 0.2) is 18.2 Å². The number of rotatable bonds is 2. The molecule has 0 aliphatic heterocycles. The third-order valence-electron chi connectivity index (χ3n) is 3.98. The molecule has 1 aromatic carbocycles. The van der Waals surface area contributed by atoms with E-state index in [1.807, 2.05) is 18.2 Å². The Labute approximate surface area is 112 Å². The minimum atomic E-state index is 0.604. The van der Waals surface area contributed by atoms with Gasteiger partial charge in [-0.1, -0.05) is 24.9 Å². The maximum atomic E-state index is 6.06. The van der Waals surface area contributed by atoms with Crippen molar-refractivity contribution in [2.24, 2.45) is 11.8 Å². The predicted octanol–water partition coefficient (Wildman–Crippen LogP) is 3.71. The number of benzene rings is 1. The van der Waals surface area contributed by atoms with Crippen LogP contribution in [0, 0.1) is 11.8 Å². The van der Waals surface area contributed by atoms with E-state index in [4.69, 9.17) is 17.3 Å². The Morgan fingerprint density at radius 3 is 3.00 bits per heavy atom. The molecule has 0 amide bonds. The number of nitrogen functional groups attached to an aromatic ring is 1. The van der Waals surface area contributed by atoms with Gasteiger partial charge in [0.15, 0.2) is 0 Å². The number of anilines is 1. The largest absolute Gasteiger partial charge is 0.369 e. The van der Waals surface area contributed by atoms with E-state index in [0.29, 0.717) is 5.95 Å². The molecule has 2 N–H and O–H groups in total. The third kappa shape index (κ3) is 2.07. The fourth-order valence-electron chi connectivity index (χ4n) is 3.06. The molecule has 1 fully saturated rings. The number of hydrogen-bond acceptors (Lipinski definition) is 2. The molecule has 1 aromatic heterocycles. The lowest BCUT2D eigenvalue weighted by molar-refractivity contribution is 0.450. The standard InChI is InChI=1S/C14H18ClN3/c1-9-2-3-10(6-9)8-18-13-7-11(15)4-5-12(13)17-14(18)16/h4-5,7,9-10H,2-3,6,8H2,1H3,(H2,16,17). The predicted molar refractivity (Wildman–Crippen MR) is 75.7 cm³/mol. The van der Waals surface area contributed by atoms with Crippen molar-refractivity contribution in [3.05, 3.63) is 23.2 Å². The highest BCUT2D eigenvalue weighted by atomic mass is 35.5. The van der Waals surface area contributed by atoms with E-state index in [9.17, 15) is 0 Å². The van der Waals surface area contributed by atoms with Crippen molar-refractivity contribution >= 4 is 28.6 Å². The molecule has 2 atom stereocenters. The molecule has 96 valence electrons. The maximum Gasteiger partial charge on any atom is 0.201 e. The lowest BCUT2D eigenvalue weighted by atomic mass is 10.1. The van der Waals surface area contributed by atoms with Gasteiger partial charge in [0, 0.05) is 11.6 Å². The maximum absolute atomic E-state index is 6.06. The number of aromatic nitrogens is 2. The molecular weight excluding hydrogens is 246 g/mol. The summed E-state index contributed by atoms with van der Waals surface area (Å²) in [6.07, 6.45) is 3.92. The minimum Gasteiger partial charge on any atom is -0.369 e. The van der Waals surface area contributed by atoms with Gasteiger partial charge in [-0.05, 0) is 42.9 Å². The number of fused-ring (bicyclic) bond motifs is 1. The summed E-state index contributed by atoms with van der Waals surface area (Å²) in [5.41, 5.74) is 8.01. The average Bonchev–Trinajstić information content (AvgIpc) is 2.86. The highest BCUT2D eigenvalue weighted by Crippen LogP contribution is 2.33. The molecule has 0 radical (unpaired) electrons. The van der Waals surface area contributed by atoms with Crippen molar-refractivity contribution in [2.45, 2.75) is 32.7 Å². The second kappa shape index (κ2) is 4.47. The van der Waals surface area contributed by atoms with Gasteiger partial charge in [0.05, 0.1) is 11.0 Å². The van der Waals surface area contributed by atoms with Crippen LogP contribution in [0.5, 0.6) is 0 Å². The van der Waals surface area contributed by atoms with E-state index in [-0.39, 0.29) is 0 Å². The first-order valence-electron chi connectivity index (χ1n) is 6.54. The monoisotopic (exact) mass is 263 g/mol. The molecule has 0 spiro atoms. The number of nitrogens with zero attached hydrogens (tertiary/aromatic N) is 2. The van der Waals surface area contributed by atoms with Gasteiger partial charge in [-0.25, -0.2) is 4.98 Å². The van der Waals surface area contributed by atoms with Crippen LogP contribution < -0.4 is 5.73 Å². The number of nitrogens with two attached hydrogens (primary N) is 1. The van der Waals surface area contributed by atoms with Gasteiger partial charge in [-0.2, -0.15) is 0 Å². The first-order chi connectivity index (χ1) is 8.63. The van der Waals surface area contributed by atoms with Crippen molar-refractivity contribution in [3.63, 3.8) is 0 Å². The molecule has 1 aliphatic carbocycles. The molecule has 0 bridgehead atoms. The summed E-state index contributed by atoms with van der Waals surface area (Å²) >= 11 is 6.06. The quantitative estimate of drug-likeness (QED) is 0.898. The van der Waals surface area contributed by atoms with Gasteiger partial charge in [0.2, 0.25) is 5.95 Å². The van der Waals surface area contributed by atoms with Crippen molar-refractivity contribution in [3.8, 4) is 0 Å². The van der Waals surface area contributed by atoms with Crippen molar-refractivity contribution in [1.29, 1.82) is 0 Å². The molecule has 18 heavy (non-hydrogen) atoms. The second-order valence-electron chi connectivity index (χ2n) is 5.50. The molecule has 1 heterocycles. The van der Waals surface area contributed by atoms with Crippen molar-refractivity contribution in [1.82, 2.24) is 9.55 Å². The summed E-state index contributed by atoms with van der Waals surface area (Å²) in [5, 5.41) is 0.739. The Bertz CT molecular complexity index is 576. The van der Waals surface area contributed by atoms with Crippen LogP contribution in [0.3, 0.4) is 0 Å². The average molecular weight is 264 g/mol. The Balaban J connectivity index is 1.95. The molecule has 2 aromatic rings. The molecule has 1 saturated carbocycles. The van der Waals surface area contributed by atoms with Gasteiger partial charge in [0.25, 0.3) is 0 Å². The summed E-state index contributed by atoms with van der Waals surface area (Å²) in [6, 6.07) is 5.75. The zero-order valence-corrected chi connectivity index (χ0v) is 11.3. The SMILES string of the molecule is CC1CCC(Cn2c(N)nc3ccc(Cl)cc32)C1. The minimum absolute atomic E-state index is 0.604. The van der Waals surface area contributed by atoms with Crippen LogP contribution in [-0.2, 0) is 6.54 Å². The van der Waals surface area contributed by atoms with Crippen molar-refractivity contribution < 1.29 is 0 Å². The molecule has 3 nitrogen and oxygen atoms in total. The normalized spacial score (nSPS) is 23.9. The Kier molecular flexibility index (Phi) is 2.94. The summed E-state index contributed by atoms with van der Waals surface area (Å²) < 4.78 is 2.12. The summed E-state index contributed by atoms with van der Waals surface area (Å²) in [7, 11) is 0. The molecule has 0 saturated heterocycles. The molecule has 2 unspecified atom stereocenters. The van der Waals surface area contributed by atoms with Crippen LogP contribution in [0.4, 0.5) is 5.95 Å². The lowest BCUT2D eigenvalue weighted by Crippen LogP contribution is -2.10. The van der Waals surface area contributed by atoms with Crippen molar-refractivity contribution in [2.75, 3.05) is 5.73 Å². The van der Waals surface area contributed by atoms with Crippen LogP contribution >= 0.6 is 11.6 Å². The highest BCUT2D eigenvalue weighted by molar-refractivity contribution is 6.31. The van der Waals surface area contributed by atoms with Gasteiger partial charge in [0.1, 0.15) is 0 Å². The fourth-order valence-corrected chi connectivity index (χ4v) is 3.22. The van der Waals surface area contributed by atoms with Gasteiger partial charge < -0.3 is 10.3 Å². The van der Waals surface area contributed by atoms with Gasteiger partial charge in [-0.3, -0.25) is 0 Å². The number of halogens is 1. The van der Waals surface area contributed by atoms with Crippen LogP contribution in [0.1, 0.15) is 26.2 Å². The molecule has 4 heteroatoms. The summed E-state index contributed by atoms with van der Waals surface area (Å²) in [4.78, 5) is 4.40. The van der Waals surface area contributed by atoms with E-state index in [2.05, 4.69) is 16.5 Å². The van der Waals surface area contributed by atoms with E-state index in [1.54, 1.807) is 0 Å². The zero-order chi connectivity index (χ0) is 12.7. The van der Waals surface area contributed by atoms with Gasteiger partial charge >= 0.3 is 0 Å². The summed E-state index contributed by atoms with van der Waals surface area (Å²) in [6.45, 7) is 3.29. The highest BCUT2D eigenvalue weighted by Gasteiger charge is 2.23. The zero-order valence-electron chi connectivity index (χ0n) is 10.6. The molecule has 1 aliphatic rings. The number of hydrogen-bond donors (Lipinski definition) is 1. The van der Waals surface area contributed by atoms with E-state index in [0.717, 1.165) is 34.4 Å². The van der Waals surface area contributed by atoms with Crippen LogP contribution in [0.2, 0.25) is 5.02 Å². The lowest BCUT2D eigenvalue weighted by Gasteiger charge is -2.12. The van der Waals surface area contributed by atoms with Gasteiger partial charge in [-0.15, -0.1) is 0 Å². The summed E-state index contributed by atoms with van der Waals surface area (Å²) in [5.74, 6) is 2.17. The Hall–Kier alpha value is -1.22. The van der Waals surface area contributed by atoms with E-state index in [1.165, 1.54) is 19.3 Å². The van der Waals surface area contributed by atoms with E-state index >= 15 is 0 Å². The fraction of sp³-hybridized carbons (Fsp3) is 0.500. The second-order valence-corrected chi connectivity index (χ2v) is 5.93. The number of imidazole rings is 1. The third-order valence-corrected chi connectivity index (χ3v) is 4.22. The molecule has 3 rings (SSSR count). The van der Waals surface area contributed by atoms with Crippen LogP contribution in [-0.4, -0.2) is 9.55 Å². The molecular formula is C14H18ClN3. The van der Waals surface area contributed by atoms with E-state index < -0.39 is 0 Å². The first-order valence-corrected chi connectivity index (χ1v) is 6.92. The first kappa shape index (κ1) is 11.8.